The number of carboxylic acid groups (broad SMARTS) is 1. The summed E-state index contributed by atoms with van der Waals surface area (Å²) in [4.78, 5) is 10.7. The van der Waals surface area contributed by atoms with Crippen molar-refractivity contribution >= 4 is 5.97 Å². The van der Waals surface area contributed by atoms with Crippen molar-refractivity contribution in [3.8, 4) is 11.8 Å². The van der Waals surface area contributed by atoms with Crippen LogP contribution in [0.3, 0.4) is 0 Å². The molecule has 0 aliphatic heterocycles. The number of fused-ring (bicyclic) bond motifs is 1. The van der Waals surface area contributed by atoms with Gasteiger partial charge in [-0.25, -0.2) is 0 Å². The highest BCUT2D eigenvalue weighted by atomic mass is 16.4. The Morgan fingerprint density at radius 1 is 1.26 bits per heavy atom. The molecule has 3 N–H and O–H groups in total. The van der Waals surface area contributed by atoms with Crippen LogP contribution in [0.5, 0.6) is 0 Å². The molecule has 2 aliphatic rings. The standard InChI is InChI=1S/C23H28O4/c24-18(10-9-16-5-2-1-3-6-16)11-12-20-21-15-17(7-4-8-23(26)27)19(21)13-14-22(20)25/h1-3,5-7,18-22,24-25H,4,8-10,13-15H2,(H,26,27)/b17-7-/t18?,19-,20-,21+,22-/m0/s1. The molecule has 0 saturated heterocycles. The normalized spacial score (nSPS) is 29.2. The lowest BCUT2D eigenvalue weighted by molar-refractivity contribution is -0.136. The third-order valence-electron chi connectivity index (χ3n) is 5.84. The van der Waals surface area contributed by atoms with Gasteiger partial charge in [0, 0.05) is 6.42 Å². The Balaban J connectivity index is 1.53. The highest BCUT2D eigenvalue weighted by Gasteiger charge is 2.46. The topological polar surface area (TPSA) is 77.8 Å². The first-order chi connectivity index (χ1) is 13.0. The van der Waals surface area contributed by atoms with Crippen molar-refractivity contribution in [3.63, 3.8) is 0 Å². The van der Waals surface area contributed by atoms with Crippen molar-refractivity contribution in [1.29, 1.82) is 0 Å². The van der Waals surface area contributed by atoms with Crippen LogP contribution < -0.4 is 0 Å². The summed E-state index contributed by atoms with van der Waals surface area (Å²) >= 11 is 0. The summed E-state index contributed by atoms with van der Waals surface area (Å²) in [6.45, 7) is 0. The van der Waals surface area contributed by atoms with Gasteiger partial charge in [-0.2, -0.15) is 0 Å². The number of rotatable bonds is 6. The third kappa shape index (κ3) is 5.22. The van der Waals surface area contributed by atoms with E-state index in [1.54, 1.807) is 0 Å². The van der Waals surface area contributed by atoms with Crippen molar-refractivity contribution in [1.82, 2.24) is 0 Å². The van der Waals surface area contributed by atoms with Crippen LogP contribution in [0, 0.1) is 29.6 Å². The highest BCUT2D eigenvalue weighted by molar-refractivity contribution is 5.66. The molecule has 5 atom stereocenters. The zero-order valence-electron chi connectivity index (χ0n) is 15.6. The molecule has 2 aliphatic carbocycles. The Bertz CT molecular complexity index is 728. The van der Waals surface area contributed by atoms with Gasteiger partial charge in [-0.05, 0) is 55.9 Å². The number of hydrogen-bond acceptors (Lipinski definition) is 3. The molecule has 3 rings (SSSR count). The number of aliphatic carboxylic acids is 1. The van der Waals surface area contributed by atoms with E-state index in [0.717, 1.165) is 25.7 Å². The van der Waals surface area contributed by atoms with E-state index in [2.05, 4.69) is 17.9 Å². The van der Waals surface area contributed by atoms with Crippen molar-refractivity contribution in [3.05, 3.63) is 47.5 Å². The summed E-state index contributed by atoms with van der Waals surface area (Å²) in [5.41, 5.74) is 2.51. The smallest absolute Gasteiger partial charge is 0.303 e. The molecule has 4 nitrogen and oxygen atoms in total. The number of carbonyl (C=O) groups is 1. The number of aliphatic hydroxyl groups excluding tert-OH is 2. The number of aliphatic hydroxyl groups is 2. The van der Waals surface area contributed by atoms with Gasteiger partial charge >= 0.3 is 5.97 Å². The van der Waals surface area contributed by atoms with E-state index in [-0.39, 0.29) is 12.3 Å². The first-order valence-corrected chi connectivity index (χ1v) is 9.86. The van der Waals surface area contributed by atoms with Gasteiger partial charge in [0.05, 0.1) is 12.0 Å². The quantitative estimate of drug-likeness (QED) is 0.532. The van der Waals surface area contributed by atoms with E-state index in [1.807, 2.05) is 30.3 Å². The molecular formula is C23H28O4. The zero-order chi connectivity index (χ0) is 19.2. The summed E-state index contributed by atoms with van der Waals surface area (Å²) in [6.07, 6.45) is 5.62. The van der Waals surface area contributed by atoms with Crippen molar-refractivity contribution in [2.24, 2.45) is 17.8 Å². The fourth-order valence-electron chi connectivity index (χ4n) is 4.30. The van der Waals surface area contributed by atoms with Crippen molar-refractivity contribution in [2.45, 2.75) is 57.2 Å². The zero-order valence-corrected chi connectivity index (χ0v) is 15.6. The molecule has 0 aromatic heterocycles. The number of aryl methyl sites for hydroxylation is 1. The monoisotopic (exact) mass is 368 g/mol. The molecule has 4 heteroatoms. The van der Waals surface area contributed by atoms with E-state index in [9.17, 15) is 15.0 Å². The average Bonchev–Trinajstić information content (AvgIpc) is 2.64. The van der Waals surface area contributed by atoms with Gasteiger partial charge in [0.15, 0.2) is 0 Å². The van der Waals surface area contributed by atoms with Crippen LogP contribution in [0.4, 0.5) is 0 Å². The van der Waals surface area contributed by atoms with Gasteiger partial charge in [0.25, 0.3) is 0 Å². The van der Waals surface area contributed by atoms with Crippen LogP contribution in [0.2, 0.25) is 0 Å². The Hall–Kier alpha value is -2.09. The second-order valence-corrected chi connectivity index (χ2v) is 7.69. The fraction of sp³-hybridized carbons (Fsp3) is 0.522. The lowest BCUT2D eigenvalue weighted by Gasteiger charge is -2.48. The minimum Gasteiger partial charge on any atom is -0.481 e. The number of benzene rings is 1. The number of allylic oxidation sites excluding steroid dienone is 2. The molecule has 0 spiro atoms. The molecule has 0 radical (unpaired) electrons. The molecule has 0 heterocycles. The number of carboxylic acids is 1. The molecule has 1 unspecified atom stereocenters. The minimum absolute atomic E-state index is 0.0910. The molecule has 0 amide bonds. The van der Waals surface area contributed by atoms with E-state index >= 15 is 0 Å². The van der Waals surface area contributed by atoms with Gasteiger partial charge in [0.1, 0.15) is 6.10 Å². The van der Waals surface area contributed by atoms with Gasteiger partial charge in [0.2, 0.25) is 0 Å². The molecule has 1 aromatic carbocycles. The average molecular weight is 368 g/mol. The van der Waals surface area contributed by atoms with E-state index in [4.69, 9.17) is 5.11 Å². The predicted octanol–water partition coefficient (Wildman–Crippen LogP) is 3.18. The largest absolute Gasteiger partial charge is 0.481 e. The summed E-state index contributed by atoms with van der Waals surface area (Å²) in [7, 11) is 0. The summed E-state index contributed by atoms with van der Waals surface area (Å²) in [6, 6.07) is 10.0. The number of hydrogen-bond donors (Lipinski definition) is 3. The first kappa shape index (κ1) is 19.7. The Labute approximate surface area is 160 Å². The van der Waals surface area contributed by atoms with Crippen LogP contribution in [-0.4, -0.2) is 33.5 Å². The highest BCUT2D eigenvalue weighted by Crippen LogP contribution is 2.51. The maximum Gasteiger partial charge on any atom is 0.303 e. The molecule has 2 saturated carbocycles. The Kier molecular flexibility index (Phi) is 6.71. The van der Waals surface area contributed by atoms with Gasteiger partial charge in [-0.15, -0.1) is 0 Å². The third-order valence-corrected chi connectivity index (χ3v) is 5.84. The molecule has 0 bridgehead atoms. The van der Waals surface area contributed by atoms with Crippen molar-refractivity contribution in [2.75, 3.05) is 0 Å². The lowest BCUT2D eigenvalue weighted by Crippen LogP contribution is -2.44. The van der Waals surface area contributed by atoms with Gasteiger partial charge in [-0.3, -0.25) is 4.79 Å². The Morgan fingerprint density at radius 2 is 2.04 bits per heavy atom. The van der Waals surface area contributed by atoms with Crippen LogP contribution in [-0.2, 0) is 11.2 Å². The molecule has 144 valence electrons. The second kappa shape index (κ2) is 9.21. The van der Waals surface area contributed by atoms with Gasteiger partial charge < -0.3 is 15.3 Å². The summed E-state index contributed by atoms with van der Waals surface area (Å²) < 4.78 is 0. The maximum atomic E-state index is 10.7. The SMILES string of the molecule is O=C(O)CC/C=C1/C[C@H]2[C@H](C#CC(O)CCc3ccccc3)[C@@H](O)CC[C@@H]12. The van der Waals surface area contributed by atoms with E-state index < -0.39 is 18.2 Å². The van der Waals surface area contributed by atoms with Crippen LogP contribution in [0.25, 0.3) is 0 Å². The van der Waals surface area contributed by atoms with E-state index in [1.165, 1.54) is 11.1 Å². The summed E-state index contributed by atoms with van der Waals surface area (Å²) in [5, 5.41) is 29.3. The predicted molar refractivity (Wildman–Crippen MR) is 104 cm³/mol. The minimum atomic E-state index is -0.768. The lowest BCUT2D eigenvalue weighted by atomic mass is 9.57. The van der Waals surface area contributed by atoms with Crippen LogP contribution in [0.15, 0.2) is 42.0 Å². The molecule has 27 heavy (non-hydrogen) atoms. The molecule has 2 fully saturated rings. The molecule has 1 aromatic rings. The van der Waals surface area contributed by atoms with E-state index in [0.29, 0.717) is 24.7 Å². The fourth-order valence-corrected chi connectivity index (χ4v) is 4.30. The van der Waals surface area contributed by atoms with Crippen LogP contribution in [0.1, 0.15) is 44.1 Å². The van der Waals surface area contributed by atoms with Crippen LogP contribution >= 0.6 is 0 Å². The van der Waals surface area contributed by atoms with Gasteiger partial charge in [-0.1, -0.05) is 53.8 Å². The Morgan fingerprint density at radius 3 is 2.78 bits per heavy atom. The van der Waals surface area contributed by atoms with Crippen molar-refractivity contribution < 1.29 is 20.1 Å². The first-order valence-electron chi connectivity index (χ1n) is 9.86. The second-order valence-electron chi connectivity index (χ2n) is 7.69. The summed E-state index contributed by atoms with van der Waals surface area (Å²) in [5.74, 6) is 6.01. The maximum absolute atomic E-state index is 10.7. The molecular weight excluding hydrogens is 340 g/mol.